The Hall–Kier alpha value is -0.910. The first-order valence-electron chi connectivity index (χ1n) is 5.51. The second kappa shape index (κ2) is 7.38. The standard InChI is InChI=1S/C11H21N3O2/c1-10-8-11(14(2)13-10)9-12-4-5-16-7-6-15-3/h8,12H,4-7,9H2,1-3H3. The Morgan fingerprint density at radius 3 is 2.81 bits per heavy atom. The fourth-order valence-corrected chi connectivity index (χ4v) is 1.43. The van der Waals surface area contributed by atoms with Crippen LogP contribution in [0.4, 0.5) is 0 Å². The van der Waals surface area contributed by atoms with Crippen LogP contribution in [0.1, 0.15) is 11.4 Å². The highest BCUT2D eigenvalue weighted by atomic mass is 16.5. The van der Waals surface area contributed by atoms with E-state index >= 15 is 0 Å². The van der Waals surface area contributed by atoms with Crippen LogP contribution in [0.5, 0.6) is 0 Å². The third-order valence-corrected chi connectivity index (χ3v) is 2.26. The molecule has 0 aliphatic carbocycles. The Morgan fingerprint density at radius 1 is 1.38 bits per heavy atom. The highest BCUT2D eigenvalue weighted by Gasteiger charge is 2.00. The molecule has 0 fully saturated rings. The van der Waals surface area contributed by atoms with E-state index in [9.17, 15) is 0 Å². The highest BCUT2D eigenvalue weighted by Crippen LogP contribution is 2.00. The van der Waals surface area contributed by atoms with Crippen molar-refractivity contribution in [3.8, 4) is 0 Å². The van der Waals surface area contributed by atoms with Gasteiger partial charge in [0.25, 0.3) is 0 Å². The van der Waals surface area contributed by atoms with Crippen LogP contribution in [0, 0.1) is 6.92 Å². The van der Waals surface area contributed by atoms with E-state index in [4.69, 9.17) is 9.47 Å². The van der Waals surface area contributed by atoms with E-state index in [2.05, 4.69) is 16.5 Å². The summed E-state index contributed by atoms with van der Waals surface area (Å²) in [7, 11) is 3.63. The summed E-state index contributed by atoms with van der Waals surface area (Å²) in [6, 6.07) is 2.08. The fourth-order valence-electron chi connectivity index (χ4n) is 1.43. The van der Waals surface area contributed by atoms with Crippen LogP contribution in [0.25, 0.3) is 0 Å². The van der Waals surface area contributed by atoms with Gasteiger partial charge >= 0.3 is 0 Å². The number of nitrogens with one attached hydrogen (secondary N) is 1. The summed E-state index contributed by atoms with van der Waals surface area (Å²) in [5, 5.41) is 7.59. The summed E-state index contributed by atoms with van der Waals surface area (Å²) in [6.45, 7) is 5.68. The van der Waals surface area contributed by atoms with Gasteiger partial charge in [-0.2, -0.15) is 5.10 Å². The van der Waals surface area contributed by atoms with Gasteiger partial charge in [-0.05, 0) is 13.0 Å². The predicted molar refractivity (Wildman–Crippen MR) is 62.3 cm³/mol. The summed E-state index contributed by atoms with van der Waals surface area (Å²) < 4.78 is 12.1. The lowest BCUT2D eigenvalue weighted by atomic mass is 10.3. The van der Waals surface area contributed by atoms with Crippen LogP contribution in [-0.4, -0.2) is 43.3 Å². The van der Waals surface area contributed by atoms with E-state index in [1.54, 1.807) is 7.11 Å². The van der Waals surface area contributed by atoms with Crippen LogP contribution in [-0.2, 0) is 23.1 Å². The largest absolute Gasteiger partial charge is 0.382 e. The summed E-state index contributed by atoms with van der Waals surface area (Å²) in [5.74, 6) is 0. The highest BCUT2D eigenvalue weighted by molar-refractivity contribution is 5.08. The van der Waals surface area contributed by atoms with Gasteiger partial charge in [0.05, 0.1) is 31.2 Å². The fraction of sp³-hybridized carbons (Fsp3) is 0.727. The van der Waals surface area contributed by atoms with Gasteiger partial charge in [-0.15, -0.1) is 0 Å². The van der Waals surface area contributed by atoms with Crippen molar-refractivity contribution < 1.29 is 9.47 Å². The molecule has 0 unspecified atom stereocenters. The molecule has 0 saturated carbocycles. The molecule has 1 aromatic rings. The molecule has 0 aliphatic rings. The second-order valence-electron chi connectivity index (χ2n) is 3.68. The molecule has 1 N–H and O–H groups in total. The Balaban J connectivity index is 2.05. The van der Waals surface area contributed by atoms with Crippen molar-refractivity contribution in [3.63, 3.8) is 0 Å². The molecule has 0 aliphatic heterocycles. The van der Waals surface area contributed by atoms with Crippen LogP contribution in [0.15, 0.2) is 6.07 Å². The lowest BCUT2D eigenvalue weighted by molar-refractivity contribution is 0.0718. The van der Waals surface area contributed by atoms with Crippen LogP contribution in [0.3, 0.4) is 0 Å². The van der Waals surface area contributed by atoms with Gasteiger partial charge in [-0.3, -0.25) is 4.68 Å². The van der Waals surface area contributed by atoms with Gasteiger partial charge in [0.1, 0.15) is 0 Å². The second-order valence-corrected chi connectivity index (χ2v) is 3.68. The maximum atomic E-state index is 5.34. The molecule has 1 rings (SSSR count). The molecule has 0 saturated heterocycles. The monoisotopic (exact) mass is 227 g/mol. The van der Waals surface area contributed by atoms with E-state index in [1.807, 2.05) is 18.7 Å². The Labute approximate surface area is 96.7 Å². The smallest absolute Gasteiger partial charge is 0.0700 e. The SMILES string of the molecule is COCCOCCNCc1cc(C)nn1C. The predicted octanol–water partition coefficient (Wildman–Crippen LogP) is 0.481. The number of nitrogens with zero attached hydrogens (tertiary/aromatic N) is 2. The quantitative estimate of drug-likeness (QED) is 0.656. The summed E-state index contributed by atoms with van der Waals surface area (Å²) in [4.78, 5) is 0. The van der Waals surface area contributed by atoms with Gasteiger partial charge in [-0.25, -0.2) is 0 Å². The van der Waals surface area contributed by atoms with Crippen molar-refractivity contribution in [2.75, 3.05) is 33.5 Å². The van der Waals surface area contributed by atoms with Crippen LogP contribution < -0.4 is 5.32 Å². The molecule has 0 spiro atoms. The van der Waals surface area contributed by atoms with Crippen LogP contribution in [0.2, 0.25) is 0 Å². The number of hydrogen-bond donors (Lipinski definition) is 1. The van der Waals surface area contributed by atoms with Gasteiger partial charge < -0.3 is 14.8 Å². The number of aryl methyl sites for hydroxylation is 2. The van der Waals surface area contributed by atoms with Crippen molar-refractivity contribution in [3.05, 3.63) is 17.5 Å². The van der Waals surface area contributed by atoms with Crippen molar-refractivity contribution >= 4 is 0 Å². The molecular formula is C11H21N3O2. The lowest BCUT2D eigenvalue weighted by Crippen LogP contribution is -2.21. The van der Waals surface area contributed by atoms with Gasteiger partial charge in [-0.1, -0.05) is 0 Å². The van der Waals surface area contributed by atoms with Gasteiger partial charge in [0.15, 0.2) is 0 Å². The molecule has 5 heteroatoms. The average molecular weight is 227 g/mol. The summed E-state index contributed by atoms with van der Waals surface area (Å²) >= 11 is 0. The van der Waals surface area contributed by atoms with Crippen molar-refractivity contribution in [1.29, 1.82) is 0 Å². The van der Waals surface area contributed by atoms with Crippen LogP contribution >= 0.6 is 0 Å². The van der Waals surface area contributed by atoms with Crippen molar-refractivity contribution in [1.82, 2.24) is 15.1 Å². The topological polar surface area (TPSA) is 48.3 Å². The number of hydrogen-bond acceptors (Lipinski definition) is 4. The normalized spacial score (nSPS) is 10.9. The molecule has 0 bridgehead atoms. The summed E-state index contributed by atoms with van der Waals surface area (Å²) in [5.41, 5.74) is 2.24. The Morgan fingerprint density at radius 2 is 2.19 bits per heavy atom. The first-order chi connectivity index (χ1) is 7.74. The number of ether oxygens (including phenoxy) is 2. The van der Waals surface area contributed by atoms with Crippen molar-refractivity contribution in [2.45, 2.75) is 13.5 Å². The molecule has 16 heavy (non-hydrogen) atoms. The first-order valence-corrected chi connectivity index (χ1v) is 5.51. The number of rotatable bonds is 8. The average Bonchev–Trinajstić information content (AvgIpc) is 2.56. The van der Waals surface area contributed by atoms with E-state index < -0.39 is 0 Å². The Kier molecular flexibility index (Phi) is 6.07. The third-order valence-electron chi connectivity index (χ3n) is 2.26. The van der Waals surface area contributed by atoms with Gasteiger partial charge in [0, 0.05) is 27.2 Å². The maximum Gasteiger partial charge on any atom is 0.0700 e. The number of aromatic nitrogens is 2. The minimum absolute atomic E-state index is 0.654. The molecule has 0 radical (unpaired) electrons. The molecule has 5 nitrogen and oxygen atoms in total. The zero-order chi connectivity index (χ0) is 11.8. The van der Waals surface area contributed by atoms with E-state index in [0.717, 1.165) is 18.8 Å². The minimum atomic E-state index is 0.654. The summed E-state index contributed by atoms with van der Waals surface area (Å²) in [6.07, 6.45) is 0. The van der Waals surface area contributed by atoms with Crippen molar-refractivity contribution in [2.24, 2.45) is 7.05 Å². The Bertz CT molecular complexity index is 299. The zero-order valence-corrected chi connectivity index (χ0v) is 10.3. The minimum Gasteiger partial charge on any atom is -0.382 e. The maximum absolute atomic E-state index is 5.34. The van der Waals surface area contributed by atoms with Gasteiger partial charge in [0.2, 0.25) is 0 Å². The van der Waals surface area contributed by atoms with E-state index in [1.165, 1.54) is 5.69 Å². The molecule has 0 amide bonds. The molecule has 92 valence electrons. The third kappa shape index (κ3) is 4.74. The molecule has 0 atom stereocenters. The van der Waals surface area contributed by atoms with E-state index in [0.29, 0.717) is 19.8 Å². The lowest BCUT2D eigenvalue weighted by Gasteiger charge is -2.06. The zero-order valence-electron chi connectivity index (χ0n) is 10.3. The molecular weight excluding hydrogens is 206 g/mol. The first kappa shape index (κ1) is 13.2. The van der Waals surface area contributed by atoms with E-state index in [-0.39, 0.29) is 0 Å². The molecule has 1 heterocycles. The number of methoxy groups -OCH3 is 1. The molecule has 1 aromatic heterocycles. The molecule has 0 aromatic carbocycles.